The van der Waals surface area contributed by atoms with E-state index >= 15 is 0 Å². The smallest absolute Gasteiger partial charge is 0.329 e. The Morgan fingerprint density at radius 2 is 1.84 bits per heavy atom. The maximum atomic E-state index is 13.2. The molecule has 164 valence electrons. The van der Waals surface area contributed by atoms with Crippen molar-refractivity contribution in [2.75, 3.05) is 19.7 Å². The number of carbonyl (C=O) groups is 1. The summed E-state index contributed by atoms with van der Waals surface area (Å²) in [6.45, 7) is 2.59. The summed E-state index contributed by atoms with van der Waals surface area (Å²) in [5.74, 6) is -0.271. The van der Waals surface area contributed by atoms with Gasteiger partial charge < -0.3 is 10.0 Å². The SMILES string of the molecule is Cc1ccc(-c2ccc3ncc4c(c3n2)n(C2CCN(C(=O)CO)CC2)c(=O)n4C)cc1. The predicted octanol–water partition coefficient (Wildman–Crippen LogP) is 2.41. The van der Waals surface area contributed by atoms with E-state index in [1.807, 2.05) is 35.8 Å². The fourth-order valence-electron chi connectivity index (χ4n) is 4.58. The number of carbonyl (C=O) groups excluding carboxylic acids is 1. The first-order chi connectivity index (χ1) is 15.5. The lowest BCUT2D eigenvalue weighted by atomic mass is 10.0. The zero-order valence-corrected chi connectivity index (χ0v) is 18.2. The van der Waals surface area contributed by atoms with Crippen molar-refractivity contribution in [3.05, 3.63) is 58.6 Å². The van der Waals surface area contributed by atoms with Crippen LogP contribution in [0.15, 0.2) is 47.4 Å². The van der Waals surface area contributed by atoms with Crippen LogP contribution in [0.4, 0.5) is 0 Å². The number of fused-ring (bicyclic) bond motifs is 3. The maximum absolute atomic E-state index is 13.2. The van der Waals surface area contributed by atoms with Gasteiger partial charge in [-0.25, -0.2) is 9.78 Å². The van der Waals surface area contributed by atoms with Crippen molar-refractivity contribution in [1.29, 1.82) is 0 Å². The number of pyridine rings is 2. The van der Waals surface area contributed by atoms with Crippen LogP contribution in [-0.2, 0) is 11.8 Å². The Labute approximate surface area is 184 Å². The number of likely N-dealkylation sites (tertiary alicyclic amines) is 1. The van der Waals surface area contributed by atoms with Gasteiger partial charge in [-0.15, -0.1) is 0 Å². The van der Waals surface area contributed by atoms with Gasteiger partial charge in [0.2, 0.25) is 5.91 Å². The second-order valence-electron chi connectivity index (χ2n) is 8.40. The highest BCUT2D eigenvalue weighted by molar-refractivity contribution is 6.00. The van der Waals surface area contributed by atoms with Crippen LogP contribution in [-0.4, -0.2) is 54.7 Å². The van der Waals surface area contributed by atoms with Gasteiger partial charge in [0, 0.05) is 31.7 Å². The first kappa shape index (κ1) is 20.4. The van der Waals surface area contributed by atoms with E-state index < -0.39 is 6.61 Å². The number of rotatable bonds is 3. The van der Waals surface area contributed by atoms with E-state index in [0.29, 0.717) is 31.4 Å². The van der Waals surface area contributed by atoms with Crippen molar-refractivity contribution in [2.45, 2.75) is 25.8 Å². The van der Waals surface area contributed by atoms with Crippen molar-refractivity contribution < 1.29 is 9.90 Å². The molecule has 1 N–H and O–H groups in total. The molecule has 1 saturated heterocycles. The van der Waals surface area contributed by atoms with E-state index in [0.717, 1.165) is 27.8 Å². The Kier molecular flexibility index (Phi) is 5.01. The number of imidazole rings is 1. The summed E-state index contributed by atoms with van der Waals surface area (Å²) in [5.41, 5.74) is 5.87. The number of aryl methyl sites for hydroxylation is 2. The van der Waals surface area contributed by atoms with E-state index in [2.05, 4.69) is 17.1 Å². The molecule has 4 aromatic rings. The van der Waals surface area contributed by atoms with Crippen molar-refractivity contribution >= 4 is 28.0 Å². The third-order valence-electron chi connectivity index (χ3n) is 6.43. The minimum Gasteiger partial charge on any atom is -0.387 e. The number of benzene rings is 1. The molecule has 0 atom stereocenters. The quantitative estimate of drug-likeness (QED) is 0.538. The Hall–Kier alpha value is -3.52. The van der Waals surface area contributed by atoms with Gasteiger partial charge >= 0.3 is 5.69 Å². The molecule has 0 aliphatic carbocycles. The molecule has 4 heterocycles. The van der Waals surface area contributed by atoms with Crippen molar-refractivity contribution in [3.8, 4) is 11.3 Å². The van der Waals surface area contributed by atoms with Gasteiger partial charge in [-0.3, -0.25) is 18.9 Å². The summed E-state index contributed by atoms with van der Waals surface area (Å²) >= 11 is 0. The van der Waals surface area contributed by atoms with Crippen molar-refractivity contribution in [2.24, 2.45) is 7.05 Å². The minimum absolute atomic E-state index is 0.0515. The van der Waals surface area contributed by atoms with Crippen LogP contribution in [0.2, 0.25) is 0 Å². The van der Waals surface area contributed by atoms with Crippen LogP contribution in [0.5, 0.6) is 0 Å². The third-order valence-corrected chi connectivity index (χ3v) is 6.43. The van der Waals surface area contributed by atoms with E-state index in [4.69, 9.17) is 10.1 Å². The first-order valence-electron chi connectivity index (χ1n) is 10.8. The molecule has 0 bridgehead atoms. The summed E-state index contributed by atoms with van der Waals surface area (Å²) < 4.78 is 3.44. The molecule has 1 aliphatic heterocycles. The number of hydrogen-bond acceptors (Lipinski definition) is 5. The summed E-state index contributed by atoms with van der Waals surface area (Å²) in [5, 5.41) is 9.15. The first-order valence-corrected chi connectivity index (χ1v) is 10.8. The molecule has 1 aromatic carbocycles. The van der Waals surface area contributed by atoms with Crippen LogP contribution in [0.25, 0.3) is 33.3 Å². The van der Waals surface area contributed by atoms with E-state index in [1.54, 1.807) is 22.7 Å². The highest BCUT2D eigenvalue weighted by atomic mass is 16.3. The predicted molar refractivity (Wildman–Crippen MR) is 122 cm³/mol. The normalized spacial score (nSPS) is 15.0. The average molecular weight is 431 g/mol. The van der Waals surface area contributed by atoms with Crippen LogP contribution in [0.3, 0.4) is 0 Å². The molecule has 8 nitrogen and oxygen atoms in total. The highest BCUT2D eigenvalue weighted by Crippen LogP contribution is 2.30. The molecule has 0 radical (unpaired) electrons. The second kappa shape index (κ2) is 7.87. The fraction of sp³-hybridized carbons (Fsp3) is 0.333. The number of aliphatic hydroxyl groups is 1. The molecule has 3 aromatic heterocycles. The topological polar surface area (TPSA) is 93.2 Å². The van der Waals surface area contributed by atoms with Crippen LogP contribution < -0.4 is 5.69 Å². The van der Waals surface area contributed by atoms with E-state index in [9.17, 15) is 9.59 Å². The standard InChI is InChI=1S/C24H25N5O3/c1-15-3-5-16(6-4-15)18-7-8-19-22(26-18)23-20(13-25-19)27(2)24(32)29(23)17-9-11-28(12-10-17)21(31)14-30/h3-8,13,17,30H,9-12,14H2,1-2H3. The molecule has 8 heteroatoms. The third kappa shape index (κ3) is 3.27. The number of aliphatic hydroxyl groups excluding tert-OH is 1. The Morgan fingerprint density at radius 1 is 1.12 bits per heavy atom. The number of amides is 1. The van der Waals surface area contributed by atoms with Gasteiger partial charge in [-0.2, -0.15) is 0 Å². The van der Waals surface area contributed by atoms with Crippen LogP contribution in [0, 0.1) is 6.92 Å². The van der Waals surface area contributed by atoms with Crippen molar-refractivity contribution in [3.63, 3.8) is 0 Å². The van der Waals surface area contributed by atoms with Crippen LogP contribution in [0.1, 0.15) is 24.4 Å². The van der Waals surface area contributed by atoms with Gasteiger partial charge in [-0.05, 0) is 31.9 Å². The lowest BCUT2D eigenvalue weighted by Gasteiger charge is -2.32. The van der Waals surface area contributed by atoms with Gasteiger partial charge in [-0.1, -0.05) is 29.8 Å². The van der Waals surface area contributed by atoms with Crippen LogP contribution >= 0.6 is 0 Å². The molecule has 5 rings (SSSR count). The Bertz CT molecular complexity index is 1380. The zero-order chi connectivity index (χ0) is 22.4. The van der Waals surface area contributed by atoms with Gasteiger partial charge in [0.1, 0.15) is 12.1 Å². The molecular formula is C24H25N5O3. The molecule has 1 aliphatic rings. The average Bonchev–Trinajstić information content (AvgIpc) is 3.09. The number of piperidine rings is 1. The molecule has 0 spiro atoms. The highest BCUT2D eigenvalue weighted by Gasteiger charge is 2.27. The summed E-state index contributed by atoms with van der Waals surface area (Å²) in [4.78, 5) is 36.2. The molecule has 1 fully saturated rings. The Morgan fingerprint density at radius 3 is 2.53 bits per heavy atom. The van der Waals surface area contributed by atoms with E-state index in [1.165, 1.54) is 5.56 Å². The monoisotopic (exact) mass is 431 g/mol. The number of nitrogens with zero attached hydrogens (tertiary/aromatic N) is 5. The number of hydrogen-bond donors (Lipinski definition) is 1. The minimum atomic E-state index is -0.485. The van der Waals surface area contributed by atoms with Gasteiger partial charge in [0.25, 0.3) is 0 Å². The van der Waals surface area contributed by atoms with E-state index in [-0.39, 0.29) is 17.6 Å². The number of aromatic nitrogens is 4. The lowest BCUT2D eigenvalue weighted by Crippen LogP contribution is -2.42. The summed E-state index contributed by atoms with van der Waals surface area (Å²) in [6, 6.07) is 12.0. The van der Waals surface area contributed by atoms with Gasteiger partial charge in [0.15, 0.2) is 0 Å². The summed E-state index contributed by atoms with van der Waals surface area (Å²) in [6.07, 6.45) is 3.02. The fourth-order valence-corrected chi connectivity index (χ4v) is 4.58. The lowest BCUT2D eigenvalue weighted by molar-refractivity contribution is -0.135. The maximum Gasteiger partial charge on any atom is 0.329 e. The summed E-state index contributed by atoms with van der Waals surface area (Å²) in [7, 11) is 1.75. The zero-order valence-electron chi connectivity index (χ0n) is 18.2. The molecule has 32 heavy (non-hydrogen) atoms. The molecule has 1 amide bonds. The second-order valence-corrected chi connectivity index (χ2v) is 8.40. The van der Waals surface area contributed by atoms with Crippen molar-refractivity contribution in [1.82, 2.24) is 24.0 Å². The molecule has 0 unspecified atom stereocenters. The Balaban J connectivity index is 1.65. The molecular weight excluding hydrogens is 406 g/mol. The molecule has 0 saturated carbocycles. The largest absolute Gasteiger partial charge is 0.387 e. The van der Waals surface area contributed by atoms with Gasteiger partial charge in [0.05, 0.1) is 28.4 Å².